The monoisotopic (exact) mass is 393 g/mol. The molecule has 1 N–H and O–H groups in total. The number of aromatic nitrogens is 3. The zero-order valence-corrected chi connectivity index (χ0v) is 15.6. The van der Waals surface area contributed by atoms with Crippen LogP contribution >= 0.6 is 11.8 Å². The Balaban J connectivity index is 1.61. The molecule has 2 aromatic carbocycles. The van der Waals surface area contributed by atoms with Crippen molar-refractivity contribution in [3.63, 3.8) is 0 Å². The van der Waals surface area contributed by atoms with Gasteiger partial charge in [-0.05, 0) is 41.5 Å². The van der Waals surface area contributed by atoms with Crippen LogP contribution in [0, 0.1) is 5.82 Å². The van der Waals surface area contributed by atoms with Gasteiger partial charge in [-0.25, -0.2) is 14.2 Å². The summed E-state index contributed by atoms with van der Waals surface area (Å²) < 4.78 is 15.6. The van der Waals surface area contributed by atoms with E-state index in [1.807, 2.05) is 16.7 Å². The van der Waals surface area contributed by atoms with E-state index in [2.05, 4.69) is 4.98 Å². The predicted octanol–water partition coefficient (Wildman–Crippen LogP) is 4.61. The fourth-order valence-corrected chi connectivity index (χ4v) is 3.89. The first-order chi connectivity index (χ1) is 13.6. The Morgan fingerprint density at radius 3 is 2.68 bits per heavy atom. The number of pyridine rings is 1. The number of carboxylic acid groups (broad SMARTS) is 1. The third-order valence-electron chi connectivity index (χ3n) is 4.31. The first-order valence-electron chi connectivity index (χ1n) is 8.60. The molecule has 0 amide bonds. The van der Waals surface area contributed by atoms with Crippen molar-refractivity contribution in [2.75, 3.05) is 0 Å². The van der Waals surface area contributed by atoms with Gasteiger partial charge in [-0.2, -0.15) is 0 Å². The molecule has 7 heteroatoms. The number of hydrogen-bond acceptors (Lipinski definition) is 4. The maximum absolute atomic E-state index is 13.6. The van der Waals surface area contributed by atoms with Gasteiger partial charge < -0.3 is 9.67 Å². The van der Waals surface area contributed by atoms with Gasteiger partial charge in [0.05, 0.1) is 29.3 Å². The van der Waals surface area contributed by atoms with E-state index >= 15 is 0 Å². The summed E-state index contributed by atoms with van der Waals surface area (Å²) in [4.78, 5) is 19.9. The van der Waals surface area contributed by atoms with Crippen molar-refractivity contribution in [3.8, 4) is 0 Å². The maximum atomic E-state index is 13.6. The number of hydrogen-bond donors (Lipinski definition) is 1. The molecular formula is C21H16FN3O2S. The van der Waals surface area contributed by atoms with Crippen molar-refractivity contribution in [1.82, 2.24) is 14.5 Å². The summed E-state index contributed by atoms with van der Waals surface area (Å²) in [7, 11) is 0. The normalized spacial score (nSPS) is 11.0. The third-order valence-corrected chi connectivity index (χ3v) is 5.36. The van der Waals surface area contributed by atoms with Crippen LogP contribution in [0.2, 0.25) is 0 Å². The lowest BCUT2D eigenvalue weighted by molar-refractivity contribution is 0.0697. The molecule has 0 aliphatic heterocycles. The van der Waals surface area contributed by atoms with E-state index in [-0.39, 0.29) is 11.4 Å². The average Bonchev–Trinajstić information content (AvgIpc) is 3.04. The van der Waals surface area contributed by atoms with E-state index in [1.54, 1.807) is 54.5 Å². The van der Waals surface area contributed by atoms with E-state index in [4.69, 9.17) is 10.1 Å². The highest BCUT2D eigenvalue weighted by Gasteiger charge is 2.13. The van der Waals surface area contributed by atoms with Gasteiger partial charge in [-0.1, -0.05) is 36.0 Å². The molecule has 140 valence electrons. The molecule has 0 unspecified atom stereocenters. The van der Waals surface area contributed by atoms with Gasteiger partial charge in [0.25, 0.3) is 0 Å². The summed E-state index contributed by atoms with van der Waals surface area (Å²) in [5, 5.41) is 9.81. The standard InChI is InChI=1S/C21H16FN3O2S/c22-17-3-1-2-15(10-17)12-25-19-11-23-9-8-18(19)24-21(25)28-13-14-4-6-16(7-5-14)20(26)27/h1-11H,12-13H2,(H,26,27). The van der Waals surface area contributed by atoms with Crippen LogP contribution < -0.4 is 0 Å². The zero-order chi connectivity index (χ0) is 19.5. The van der Waals surface area contributed by atoms with Crippen LogP contribution in [-0.2, 0) is 12.3 Å². The van der Waals surface area contributed by atoms with Gasteiger partial charge in [0, 0.05) is 11.9 Å². The molecule has 0 fully saturated rings. The van der Waals surface area contributed by atoms with Crippen LogP contribution in [0.5, 0.6) is 0 Å². The van der Waals surface area contributed by atoms with E-state index in [9.17, 15) is 9.18 Å². The van der Waals surface area contributed by atoms with Crippen molar-refractivity contribution in [2.24, 2.45) is 0 Å². The summed E-state index contributed by atoms with van der Waals surface area (Å²) in [6.45, 7) is 0.486. The Bertz CT molecular complexity index is 1140. The van der Waals surface area contributed by atoms with E-state index < -0.39 is 5.97 Å². The first kappa shape index (κ1) is 18.2. The molecule has 0 spiro atoms. The number of imidazole rings is 1. The lowest BCUT2D eigenvalue weighted by Crippen LogP contribution is -2.02. The fraction of sp³-hybridized carbons (Fsp3) is 0.0952. The summed E-state index contributed by atoms with van der Waals surface area (Å²) in [5.74, 6) is -0.573. The molecule has 0 atom stereocenters. The molecule has 0 bridgehead atoms. The summed E-state index contributed by atoms with van der Waals surface area (Å²) in [6.07, 6.45) is 3.45. The number of carbonyl (C=O) groups is 1. The molecule has 0 saturated carbocycles. The second-order valence-corrected chi connectivity index (χ2v) is 7.21. The molecule has 0 saturated heterocycles. The van der Waals surface area contributed by atoms with Crippen LogP contribution in [0.1, 0.15) is 21.5 Å². The maximum Gasteiger partial charge on any atom is 0.335 e. The molecule has 0 radical (unpaired) electrons. The molecule has 4 rings (SSSR count). The van der Waals surface area contributed by atoms with Crippen molar-refractivity contribution in [2.45, 2.75) is 17.5 Å². The second kappa shape index (κ2) is 7.82. The molecule has 0 aliphatic carbocycles. The molecule has 2 heterocycles. The summed E-state index contributed by atoms with van der Waals surface area (Å²) >= 11 is 1.55. The molecule has 0 aliphatic rings. The topological polar surface area (TPSA) is 68.0 Å². The molecule has 5 nitrogen and oxygen atoms in total. The highest BCUT2D eigenvalue weighted by molar-refractivity contribution is 7.98. The van der Waals surface area contributed by atoms with Crippen molar-refractivity contribution >= 4 is 28.8 Å². The van der Waals surface area contributed by atoms with Crippen molar-refractivity contribution in [1.29, 1.82) is 0 Å². The summed E-state index contributed by atoms with van der Waals surface area (Å²) in [6, 6.07) is 15.2. The number of nitrogens with zero attached hydrogens (tertiary/aromatic N) is 3. The average molecular weight is 393 g/mol. The highest BCUT2D eigenvalue weighted by Crippen LogP contribution is 2.27. The number of aromatic carboxylic acids is 1. The van der Waals surface area contributed by atoms with Gasteiger partial charge in [-0.15, -0.1) is 0 Å². The molecular weight excluding hydrogens is 377 g/mol. The van der Waals surface area contributed by atoms with E-state index in [0.29, 0.717) is 12.3 Å². The number of benzene rings is 2. The number of carboxylic acids is 1. The van der Waals surface area contributed by atoms with Crippen LogP contribution in [-0.4, -0.2) is 25.6 Å². The van der Waals surface area contributed by atoms with Crippen LogP contribution in [0.25, 0.3) is 11.0 Å². The fourth-order valence-electron chi connectivity index (χ4n) is 2.92. The number of rotatable bonds is 6. The Hall–Kier alpha value is -3.19. The molecule has 28 heavy (non-hydrogen) atoms. The van der Waals surface area contributed by atoms with Crippen LogP contribution in [0.3, 0.4) is 0 Å². The van der Waals surface area contributed by atoms with Gasteiger partial charge in [-0.3, -0.25) is 4.98 Å². The number of thioether (sulfide) groups is 1. The first-order valence-corrected chi connectivity index (χ1v) is 9.58. The largest absolute Gasteiger partial charge is 0.478 e. The minimum atomic E-state index is -0.941. The number of fused-ring (bicyclic) bond motifs is 1. The van der Waals surface area contributed by atoms with Crippen LogP contribution in [0.15, 0.2) is 72.1 Å². The highest BCUT2D eigenvalue weighted by atomic mass is 32.2. The SMILES string of the molecule is O=C(O)c1ccc(CSc2nc3ccncc3n2Cc2cccc(F)c2)cc1. The second-order valence-electron chi connectivity index (χ2n) is 6.27. The number of halogens is 1. The molecule has 4 aromatic rings. The predicted molar refractivity (Wildman–Crippen MR) is 106 cm³/mol. The molecule has 2 aromatic heterocycles. The Kier molecular flexibility index (Phi) is 5.08. The van der Waals surface area contributed by atoms with E-state index in [0.717, 1.165) is 27.3 Å². The minimum absolute atomic E-state index is 0.262. The van der Waals surface area contributed by atoms with Crippen LogP contribution in [0.4, 0.5) is 4.39 Å². The van der Waals surface area contributed by atoms with E-state index in [1.165, 1.54) is 12.1 Å². The van der Waals surface area contributed by atoms with Gasteiger partial charge >= 0.3 is 5.97 Å². The van der Waals surface area contributed by atoms with Gasteiger partial charge in [0.1, 0.15) is 5.82 Å². The Labute approximate surface area is 164 Å². The minimum Gasteiger partial charge on any atom is -0.478 e. The van der Waals surface area contributed by atoms with Crippen molar-refractivity contribution < 1.29 is 14.3 Å². The van der Waals surface area contributed by atoms with Gasteiger partial charge in [0.15, 0.2) is 5.16 Å². The quantitative estimate of drug-likeness (QED) is 0.485. The lowest BCUT2D eigenvalue weighted by atomic mass is 10.1. The Morgan fingerprint density at radius 1 is 1.11 bits per heavy atom. The summed E-state index contributed by atoms with van der Waals surface area (Å²) in [5.41, 5.74) is 3.82. The zero-order valence-electron chi connectivity index (χ0n) is 14.7. The smallest absolute Gasteiger partial charge is 0.335 e. The van der Waals surface area contributed by atoms with Gasteiger partial charge in [0.2, 0.25) is 0 Å². The third kappa shape index (κ3) is 3.89. The Morgan fingerprint density at radius 2 is 1.93 bits per heavy atom. The van der Waals surface area contributed by atoms with Crippen molar-refractivity contribution in [3.05, 3.63) is 89.5 Å². The lowest BCUT2D eigenvalue weighted by Gasteiger charge is -2.09.